The summed E-state index contributed by atoms with van der Waals surface area (Å²) in [6, 6.07) is -0.185. The molecule has 1 aliphatic heterocycles. The molecule has 2 fully saturated rings. The first kappa shape index (κ1) is 20.2. The maximum Gasteiger partial charge on any atom is 0.323 e. The SMILES string of the molecule is CCS(=O)(=O)N1CCC(N(CC(=O)O)C(=O)C2CCCCCC2)CC1. The molecule has 0 aromatic heterocycles. The minimum absolute atomic E-state index is 0.0545. The molecule has 1 aliphatic carbocycles. The third-order valence-corrected chi connectivity index (χ3v) is 7.30. The lowest BCUT2D eigenvalue weighted by molar-refractivity contribution is -0.149. The first-order valence-corrected chi connectivity index (χ1v) is 11.0. The van der Waals surface area contributed by atoms with Gasteiger partial charge in [0.2, 0.25) is 15.9 Å². The van der Waals surface area contributed by atoms with Crippen molar-refractivity contribution >= 4 is 21.9 Å². The van der Waals surface area contributed by atoms with E-state index in [0.29, 0.717) is 25.9 Å². The fraction of sp³-hybridized carbons (Fsp3) is 0.882. The molecule has 8 heteroatoms. The van der Waals surface area contributed by atoms with E-state index in [2.05, 4.69) is 0 Å². The predicted molar refractivity (Wildman–Crippen MR) is 94.6 cm³/mol. The van der Waals surface area contributed by atoms with E-state index < -0.39 is 16.0 Å². The van der Waals surface area contributed by atoms with Gasteiger partial charge in [-0.2, -0.15) is 0 Å². The monoisotopic (exact) mass is 374 g/mol. The topological polar surface area (TPSA) is 95.0 Å². The van der Waals surface area contributed by atoms with E-state index in [1.165, 1.54) is 9.21 Å². The van der Waals surface area contributed by atoms with Crippen LogP contribution < -0.4 is 0 Å². The molecule has 0 atom stereocenters. The van der Waals surface area contributed by atoms with Crippen molar-refractivity contribution in [1.29, 1.82) is 0 Å². The number of carboxylic acids is 1. The summed E-state index contributed by atoms with van der Waals surface area (Å²) in [6.07, 6.45) is 6.98. The molecule has 1 amide bonds. The number of aliphatic carboxylic acids is 1. The van der Waals surface area contributed by atoms with Gasteiger partial charge in [-0.15, -0.1) is 0 Å². The summed E-state index contributed by atoms with van der Waals surface area (Å²) in [4.78, 5) is 25.7. The van der Waals surface area contributed by atoms with Crippen LogP contribution in [0.3, 0.4) is 0 Å². The second-order valence-corrected chi connectivity index (χ2v) is 9.34. The minimum atomic E-state index is -3.23. The number of carbonyl (C=O) groups excluding carboxylic acids is 1. The van der Waals surface area contributed by atoms with E-state index in [0.717, 1.165) is 38.5 Å². The van der Waals surface area contributed by atoms with Crippen LogP contribution in [0.25, 0.3) is 0 Å². The number of amides is 1. The average molecular weight is 375 g/mol. The quantitative estimate of drug-likeness (QED) is 0.714. The van der Waals surface area contributed by atoms with Gasteiger partial charge in [0, 0.05) is 25.0 Å². The molecule has 0 unspecified atom stereocenters. The summed E-state index contributed by atoms with van der Waals surface area (Å²) in [5.74, 6) is -1.08. The first-order valence-electron chi connectivity index (χ1n) is 9.35. The van der Waals surface area contributed by atoms with Gasteiger partial charge < -0.3 is 10.0 Å². The van der Waals surface area contributed by atoms with Crippen LogP contribution in [0.4, 0.5) is 0 Å². The standard InChI is InChI=1S/C17H30N2O5S/c1-2-25(23,24)18-11-9-15(10-12-18)19(13-16(20)21)17(22)14-7-5-3-4-6-8-14/h14-15H,2-13H2,1H3,(H,20,21). The Hall–Kier alpha value is -1.15. The highest BCUT2D eigenvalue weighted by atomic mass is 32.2. The largest absolute Gasteiger partial charge is 0.480 e. The van der Waals surface area contributed by atoms with Crippen molar-refractivity contribution in [2.75, 3.05) is 25.4 Å². The molecule has 0 bridgehead atoms. The summed E-state index contributed by atoms with van der Waals surface area (Å²) in [6.45, 7) is 2.04. The van der Waals surface area contributed by atoms with E-state index in [-0.39, 0.29) is 30.2 Å². The normalized spacial score (nSPS) is 21.6. The number of rotatable bonds is 6. The second-order valence-electron chi connectivity index (χ2n) is 7.08. The third-order valence-electron chi connectivity index (χ3n) is 5.42. The molecule has 1 saturated carbocycles. The van der Waals surface area contributed by atoms with Gasteiger partial charge in [0.05, 0.1) is 5.75 Å². The fourth-order valence-electron chi connectivity index (χ4n) is 3.91. The maximum atomic E-state index is 13.0. The molecule has 0 radical (unpaired) electrons. The summed E-state index contributed by atoms with van der Waals surface area (Å²) >= 11 is 0. The van der Waals surface area contributed by atoms with E-state index >= 15 is 0 Å². The summed E-state index contributed by atoms with van der Waals surface area (Å²) in [5.41, 5.74) is 0. The zero-order valence-electron chi connectivity index (χ0n) is 15.0. The van der Waals surface area contributed by atoms with Crippen molar-refractivity contribution in [2.24, 2.45) is 5.92 Å². The van der Waals surface area contributed by atoms with Gasteiger partial charge in [-0.1, -0.05) is 25.7 Å². The molecule has 2 rings (SSSR count). The Morgan fingerprint density at radius 3 is 2.08 bits per heavy atom. The smallest absolute Gasteiger partial charge is 0.323 e. The highest BCUT2D eigenvalue weighted by Crippen LogP contribution is 2.27. The number of carboxylic acid groups (broad SMARTS) is 1. The van der Waals surface area contributed by atoms with Gasteiger partial charge in [0.1, 0.15) is 6.54 Å². The Morgan fingerprint density at radius 2 is 1.60 bits per heavy atom. The maximum absolute atomic E-state index is 13.0. The van der Waals surface area contributed by atoms with E-state index in [9.17, 15) is 23.1 Å². The number of nitrogens with zero attached hydrogens (tertiary/aromatic N) is 2. The van der Waals surface area contributed by atoms with Crippen LogP contribution in [0.15, 0.2) is 0 Å². The zero-order chi connectivity index (χ0) is 18.4. The van der Waals surface area contributed by atoms with Gasteiger partial charge in [-0.25, -0.2) is 12.7 Å². The zero-order valence-corrected chi connectivity index (χ0v) is 15.8. The van der Waals surface area contributed by atoms with Crippen LogP contribution in [-0.4, -0.2) is 66.0 Å². The second kappa shape index (κ2) is 8.98. The molecular formula is C17H30N2O5S. The molecule has 1 N–H and O–H groups in total. The van der Waals surface area contributed by atoms with Crippen molar-refractivity contribution in [2.45, 2.75) is 64.3 Å². The van der Waals surface area contributed by atoms with Crippen molar-refractivity contribution in [3.63, 3.8) is 0 Å². The summed E-state index contributed by atoms with van der Waals surface area (Å²) in [5, 5.41) is 9.24. The molecule has 25 heavy (non-hydrogen) atoms. The van der Waals surface area contributed by atoms with Crippen LogP contribution in [0.1, 0.15) is 58.3 Å². The van der Waals surface area contributed by atoms with E-state index in [1.807, 2.05) is 0 Å². The van der Waals surface area contributed by atoms with Crippen molar-refractivity contribution in [3.8, 4) is 0 Å². The molecule has 0 spiro atoms. The number of sulfonamides is 1. The molecule has 144 valence electrons. The Bertz CT molecular complexity index is 562. The Labute approximate surface area is 150 Å². The van der Waals surface area contributed by atoms with Gasteiger partial charge >= 0.3 is 5.97 Å². The van der Waals surface area contributed by atoms with E-state index in [1.54, 1.807) is 6.92 Å². The minimum Gasteiger partial charge on any atom is -0.480 e. The van der Waals surface area contributed by atoms with Gasteiger partial charge in [-0.05, 0) is 32.6 Å². The lowest BCUT2D eigenvalue weighted by atomic mass is 9.96. The highest BCUT2D eigenvalue weighted by Gasteiger charge is 2.35. The molecular weight excluding hydrogens is 344 g/mol. The molecule has 0 aromatic rings. The molecule has 1 heterocycles. The van der Waals surface area contributed by atoms with Crippen LogP contribution >= 0.6 is 0 Å². The lowest BCUT2D eigenvalue weighted by Crippen LogP contribution is -2.51. The number of carbonyl (C=O) groups is 2. The Kier molecular flexibility index (Phi) is 7.25. The Morgan fingerprint density at radius 1 is 1.04 bits per heavy atom. The van der Waals surface area contributed by atoms with Crippen molar-refractivity contribution in [3.05, 3.63) is 0 Å². The number of hydrogen-bond donors (Lipinski definition) is 1. The van der Waals surface area contributed by atoms with Gasteiger partial charge in [0.25, 0.3) is 0 Å². The number of piperidine rings is 1. The van der Waals surface area contributed by atoms with Crippen LogP contribution in [0, 0.1) is 5.92 Å². The molecule has 2 aliphatic rings. The first-order chi connectivity index (χ1) is 11.8. The van der Waals surface area contributed by atoms with E-state index in [4.69, 9.17) is 0 Å². The number of hydrogen-bond acceptors (Lipinski definition) is 4. The van der Waals surface area contributed by atoms with Gasteiger partial charge in [-0.3, -0.25) is 9.59 Å². The average Bonchev–Trinajstić information content (AvgIpc) is 2.88. The van der Waals surface area contributed by atoms with Crippen LogP contribution in [0.2, 0.25) is 0 Å². The van der Waals surface area contributed by atoms with Crippen molar-refractivity contribution < 1.29 is 23.1 Å². The predicted octanol–water partition coefficient (Wildman–Crippen LogP) is 1.68. The fourth-order valence-corrected chi connectivity index (χ4v) is 5.04. The Balaban J connectivity index is 2.05. The van der Waals surface area contributed by atoms with Crippen LogP contribution in [0.5, 0.6) is 0 Å². The molecule has 0 aromatic carbocycles. The van der Waals surface area contributed by atoms with Crippen LogP contribution in [-0.2, 0) is 19.6 Å². The summed E-state index contributed by atoms with van der Waals surface area (Å²) in [7, 11) is -3.23. The molecule has 1 saturated heterocycles. The molecule has 7 nitrogen and oxygen atoms in total. The van der Waals surface area contributed by atoms with Crippen molar-refractivity contribution in [1.82, 2.24) is 9.21 Å². The summed E-state index contributed by atoms with van der Waals surface area (Å²) < 4.78 is 25.4. The third kappa shape index (κ3) is 5.41. The highest BCUT2D eigenvalue weighted by molar-refractivity contribution is 7.89. The van der Waals surface area contributed by atoms with Gasteiger partial charge in [0.15, 0.2) is 0 Å². The lowest BCUT2D eigenvalue weighted by Gasteiger charge is -2.38.